The molecule has 0 unspecified atom stereocenters. The number of anilines is 1. The van der Waals surface area contributed by atoms with Gasteiger partial charge in [-0.15, -0.1) is 0 Å². The Morgan fingerprint density at radius 2 is 1.95 bits per heavy atom. The van der Waals surface area contributed by atoms with E-state index in [2.05, 4.69) is 5.32 Å². The molecule has 0 heterocycles. The van der Waals surface area contributed by atoms with Gasteiger partial charge in [-0.05, 0) is 42.5 Å². The second kappa shape index (κ2) is 6.95. The molecule has 6 heteroatoms. The maximum absolute atomic E-state index is 13.0. The zero-order valence-corrected chi connectivity index (χ0v) is 11.7. The first-order valence-electron chi connectivity index (χ1n) is 6.21. The van der Waals surface area contributed by atoms with Crippen molar-refractivity contribution in [3.63, 3.8) is 0 Å². The van der Waals surface area contributed by atoms with E-state index in [0.717, 1.165) is 0 Å². The predicted octanol–water partition coefficient (Wildman–Crippen LogP) is 3.67. The molecule has 2 aromatic rings. The van der Waals surface area contributed by atoms with E-state index in [1.165, 1.54) is 30.3 Å². The fourth-order valence-electron chi connectivity index (χ4n) is 1.68. The van der Waals surface area contributed by atoms with Crippen molar-refractivity contribution in [2.24, 2.45) is 0 Å². The van der Waals surface area contributed by atoms with E-state index < -0.39 is 5.97 Å². The highest BCUT2D eigenvalue weighted by molar-refractivity contribution is 6.33. The highest BCUT2D eigenvalue weighted by atomic mass is 35.5. The number of hydrogen-bond acceptors (Lipinski definition) is 3. The van der Waals surface area contributed by atoms with Crippen molar-refractivity contribution in [1.29, 1.82) is 0 Å². The van der Waals surface area contributed by atoms with Crippen molar-refractivity contribution in [2.45, 2.75) is 0 Å². The Morgan fingerprint density at radius 3 is 2.62 bits per heavy atom. The number of carboxylic acid groups (broad SMARTS) is 1. The molecule has 0 aromatic heterocycles. The van der Waals surface area contributed by atoms with E-state index in [0.29, 0.717) is 29.6 Å². The summed E-state index contributed by atoms with van der Waals surface area (Å²) in [6.45, 7) is 0.767. The fourth-order valence-corrected chi connectivity index (χ4v) is 1.87. The van der Waals surface area contributed by atoms with Crippen LogP contribution in [0.3, 0.4) is 0 Å². The summed E-state index contributed by atoms with van der Waals surface area (Å²) >= 11 is 5.91. The number of ether oxygens (including phenoxy) is 1. The smallest absolute Gasteiger partial charge is 0.335 e. The van der Waals surface area contributed by atoms with Crippen molar-refractivity contribution in [1.82, 2.24) is 0 Å². The van der Waals surface area contributed by atoms with Crippen LogP contribution in [0, 0.1) is 5.82 Å². The zero-order chi connectivity index (χ0) is 15.2. The molecular formula is C15H13ClFNO3. The van der Waals surface area contributed by atoms with E-state index in [-0.39, 0.29) is 11.4 Å². The molecule has 0 saturated heterocycles. The Balaban J connectivity index is 1.81. The molecule has 2 N–H and O–H groups in total. The lowest BCUT2D eigenvalue weighted by atomic mass is 10.2. The van der Waals surface area contributed by atoms with Crippen LogP contribution >= 0.6 is 11.6 Å². The summed E-state index contributed by atoms with van der Waals surface area (Å²) in [6, 6.07) is 10.2. The van der Waals surface area contributed by atoms with Crippen molar-refractivity contribution in [2.75, 3.05) is 18.5 Å². The summed E-state index contributed by atoms with van der Waals surface area (Å²) in [5.41, 5.74) is 0.702. The van der Waals surface area contributed by atoms with Gasteiger partial charge in [0.25, 0.3) is 0 Å². The quantitative estimate of drug-likeness (QED) is 0.799. The van der Waals surface area contributed by atoms with Crippen molar-refractivity contribution >= 4 is 23.3 Å². The average molecular weight is 310 g/mol. The van der Waals surface area contributed by atoms with Crippen LogP contribution in [0.1, 0.15) is 10.4 Å². The van der Waals surface area contributed by atoms with Crippen molar-refractivity contribution in [3.05, 3.63) is 58.9 Å². The summed E-state index contributed by atoms with van der Waals surface area (Å²) in [6.07, 6.45) is 0. The molecule has 0 atom stereocenters. The molecule has 0 amide bonds. The normalized spacial score (nSPS) is 10.2. The minimum absolute atomic E-state index is 0.201. The standard InChI is InChI=1S/C15H13ClFNO3/c16-13-6-3-11(17)9-14(13)18-7-8-21-12-4-1-10(2-5-12)15(19)20/h1-6,9,18H,7-8H2,(H,19,20). The highest BCUT2D eigenvalue weighted by Gasteiger charge is 2.03. The van der Waals surface area contributed by atoms with Crippen LogP contribution < -0.4 is 10.1 Å². The molecular weight excluding hydrogens is 297 g/mol. The monoisotopic (exact) mass is 309 g/mol. The SMILES string of the molecule is O=C(O)c1ccc(OCCNc2cc(F)ccc2Cl)cc1. The molecule has 2 aromatic carbocycles. The van der Waals surface area contributed by atoms with Gasteiger partial charge in [0.1, 0.15) is 18.2 Å². The lowest BCUT2D eigenvalue weighted by Gasteiger charge is -2.10. The van der Waals surface area contributed by atoms with Crippen molar-refractivity contribution in [3.8, 4) is 5.75 Å². The average Bonchev–Trinajstić information content (AvgIpc) is 2.47. The minimum Gasteiger partial charge on any atom is -0.492 e. The van der Waals surface area contributed by atoms with Gasteiger partial charge >= 0.3 is 5.97 Å². The number of benzene rings is 2. The molecule has 2 rings (SSSR count). The lowest BCUT2D eigenvalue weighted by molar-refractivity contribution is 0.0697. The minimum atomic E-state index is -0.982. The summed E-state index contributed by atoms with van der Waals surface area (Å²) in [5.74, 6) is -0.789. The molecule has 0 saturated carbocycles. The molecule has 0 radical (unpaired) electrons. The number of hydrogen-bond donors (Lipinski definition) is 2. The molecule has 21 heavy (non-hydrogen) atoms. The molecule has 0 aliphatic carbocycles. The van der Waals surface area contributed by atoms with Crippen LogP contribution in [0.2, 0.25) is 5.02 Å². The van der Waals surface area contributed by atoms with Gasteiger partial charge in [-0.25, -0.2) is 9.18 Å². The second-order valence-corrected chi connectivity index (χ2v) is 4.64. The largest absolute Gasteiger partial charge is 0.492 e. The summed E-state index contributed by atoms with van der Waals surface area (Å²) < 4.78 is 18.5. The molecule has 0 bridgehead atoms. The second-order valence-electron chi connectivity index (χ2n) is 4.23. The van der Waals surface area contributed by atoms with Crippen LogP contribution in [-0.4, -0.2) is 24.2 Å². The predicted molar refractivity (Wildman–Crippen MR) is 78.8 cm³/mol. The number of halogens is 2. The molecule has 4 nitrogen and oxygen atoms in total. The highest BCUT2D eigenvalue weighted by Crippen LogP contribution is 2.22. The van der Waals surface area contributed by atoms with Gasteiger partial charge in [0.05, 0.1) is 16.3 Å². The van der Waals surface area contributed by atoms with E-state index in [4.69, 9.17) is 21.4 Å². The maximum Gasteiger partial charge on any atom is 0.335 e. The van der Waals surface area contributed by atoms with Gasteiger partial charge in [0.2, 0.25) is 0 Å². The zero-order valence-electron chi connectivity index (χ0n) is 11.0. The van der Waals surface area contributed by atoms with Crippen LogP contribution in [0.4, 0.5) is 10.1 Å². The van der Waals surface area contributed by atoms with Gasteiger partial charge in [-0.3, -0.25) is 0 Å². The Kier molecular flexibility index (Phi) is 5.00. The number of carbonyl (C=O) groups is 1. The van der Waals surface area contributed by atoms with Gasteiger partial charge in [-0.1, -0.05) is 11.6 Å². The van der Waals surface area contributed by atoms with Crippen LogP contribution in [0.15, 0.2) is 42.5 Å². The summed E-state index contributed by atoms with van der Waals surface area (Å²) in [7, 11) is 0. The first-order valence-corrected chi connectivity index (χ1v) is 6.59. The number of carboxylic acids is 1. The van der Waals surface area contributed by atoms with Crippen LogP contribution in [0.5, 0.6) is 5.75 Å². The summed E-state index contributed by atoms with van der Waals surface area (Å²) in [5, 5.41) is 12.2. The molecule has 0 aliphatic heterocycles. The lowest BCUT2D eigenvalue weighted by Crippen LogP contribution is -2.12. The van der Waals surface area contributed by atoms with E-state index >= 15 is 0 Å². The van der Waals surface area contributed by atoms with E-state index in [1.54, 1.807) is 12.1 Å². The Bertz CT molecular complexity index is 631. The Morgan fingerprint density at radius 1 is 1.24 bits per heavy atom. The maximum atomic E-state index is 13.0. The molecule has 0 aliphatic rings. The fraction of sp³-hybridized carbons (Fsp3) is 0.133. The topological polar surface area (TPSA) is 58.6 Å². The third kappa shape index (κ3) is 4.36. The first kappa shape index (κ1) is 15.1. The third-order valence-corrected chi connectivity index (χ3v) is 3.05. The van der Waals surface area contributed by atoms with Gasteiger partial charge in [-0.2, -0.15) is 0 Å². The Hall–Kier alpha value is -2.27. The van der Waals surface area contributed by atoms with Crippen LogP contribution in [-0.2, 0) is 0 Å². The number of nitrogens with one attached hydrogen (secondary N) is 1. The molecule has 0 fully saturated rings. The van der Waals surface area contributed by atoms with E-state index in [9.17, 15) is 9.18 Å². The van der Waals surface area contributed by atoms with Gasteiger partial charge in [0, 0.05) is 6.54 Å². The third-order valence-electron chi connectivity index (χ3n) is 2.72. The first-order chi connectivity index (χ1) is 10.1. The molecule has 0 spiro atoms. The van der Waals surface area contributed by atoms with E-state index in [1.807, 2.05) is 0 Å². The van der Waals surface area contributed by atoms with Crippen molar-refractivity contribution < 1.29 is 19.0 Å². The number of rotatable bonds is 6. The van der Waals surface area contributed by atoms with Gasteiger partial charge < -0.3 is 15.2 Å². The number of aromatic carboxylic acids is 1. The Labute approximate surface area is 126 Å². The molecule has 110 valence electrons. The van der Waals surface area contributed by atoms with Gasteiger partial charge in [0.15, 0.2) is 0 Å². The summed E-state index contributed by atoms with van der Waals surface area (Å²) in [4.78, 5) is 10.7. The van der Waals surface area contributed by atoms with Crippen LogP contribution in [0.25, 0.3) is 0 Å².